The average Bonchev–Trinajstić information content (AvgIpc) is 3.29. The maximum Gasteiger partial charge on any atom is 0.309 e. The van der Waals surface area contributed by atoms with E-state index in [1.807, 2.05) is 0 Å². The first-order chi connectivity index (χ1) is 14.6. The molecule has 30 heavy (non-hydrogen) atoms. The fourth-order valence-electron chi connectivity index (χ4n) is 5.29. The van der Waals surface area contributed by atoms with Crippen molar-refractivity contribution in [2.75, 3.05) is 38.1 Å². The number of carbonyl (C=O) groups is 2. The van der Waals surface area contributed by atoms with Gasteiger partial charge in [-0.05, 0) is 68.8 Å². The second kappa shape index (κ2) is 9.82. The Morgan fingerprint density at radius 3 is 2.53 bits per heavy atom. The Morgan fingerprint density at radius 2 is 1.77 bits per heavy atom. The Kier molecular flexibility index (Phi) is 6.93. The van der Waals surface area contributed by atoms with Crippen molar-refractivity contribution < 1.29 is 9.59 Å². The van der Waals surface area contributed by atoms with Crippen molar-refractivity contribution in [2.24, 2.45) is 0 Å². The minimum Gasteiger partial charge on any atom is -0.374 e. The summed E-state index contributed by atoms with van der Waals surface area (Å²) < 4.78 is 0. The fourth-order valence-corrected chi connectivity index (χ4v) is 5.29. The van der Waals surface area contributed by atoms with E-state index in [4.69, 9.17) is 0 Å². The molecule has 2 amide bonds. The lowest BCUT2D eigenvalue weighted by molar-refractivity contribution is -0.139. The number of aryl methyl sites for hydroxylation is 1. The zero-order valence-corrected chi connectivity index (χ0v) is 18.3. The van der Waals surface area contributed by atoms with Crippen LogP contribution in [0.15, 0.2) is 18.2 Å². The molecule has 0 unspecified atom stereocenters. The van der Waals surface area contributed by atoms with Gasteiger partial charge in [0.25, 0.3) is 0 Å². The van der Waals surface area contributed by atoms with Crippen LogP contribution in [0.1, 0.15) is 68.5 Å². The van der Waals surface area contributed by atoms with Crippen LogP contribution in [-0.2, 0) is 16.0 Å². The third kappa shape index (κ3) is 4.97. The number of hydrogen-bond acceptors (Lipinski definition) is 4. The zero-order valence-electron chi connectivity index (χ0n) is 18.3. The van der Waals surface area contributed by atoms with Crippen LogP contribution in [0.25, 0.3) is 0 Å². The highest BCUT2D eigenvalue weighted by Gasteiger charge is 2.27. The Labute approximate surface area is 180 Å². The minimum absolute atomic E-state index is 0.122. The van der Waals surface area contributed by atoms with Crippen LogP contribution in [0.4, 0.5) is 5.69 Å². The molecular weight excluding hydrogens is 376 g/mol. The summed E-state index contributed by atoms with van der Waals surface area (Å²) in [7, 11) is 2.15. The van der Waals surface area contributed by atoms with Gasteiger partial charge in [-0.15, -0.1) is 0 Å². The molecule has 2 fully saturated rings. The fraction of sp³-hybridized carbons (Fsp3) is 0.667. The lowest BCUT2D eigenvalue weighted by Crippen LogP contribution is -2.47. The molecule has 0 bridgehead atoms. The Balaban J connectivity index is 1.41. The number of carbonyl (C=O) groups excluding carboxylic acids is 2. The Bertz CT molecular complexity index is 754. The van der Waals surface area contributed by atoms with Crippen LogP contribution in [0.5, 0.6) is 0 Å². The highest BCUT2D eigenvalue weighted by molar-refractivity contribution is 6.35. The largest absolute Gasteiger partial charge is 0.374 e. The quantitative estimate of drug-likeness (QED) is 0.730. The molecule has 1 atom stereocenters. The number of nitrogens with one attached hydrogen (secondary N) is 2. The lowest BCUT2D eigenvalue weighted by Gasteiger charge is -2.32. The Hall–Kier alpha value is -2.08. The molecule has 0 radical (unpaired) electrons. The molecule has 164 valence electrons. The molecule has 0 spiro atoms. The molecule has 1 saturated heterocycles. The molecule has 1 saturated carbocycles. The molecule has 0 aromatic heterocycles. The second-order valence-corrected chi connectivity index (χ2v) is 9.19. The minimum atomic E-state index is -0.498. The summed E-state index contributed by atoms with van der Waals surface area (Å²) in [4.78, 5) is 29.6. The van der Waals surface area contributed by atoms with Gasteiger partial charge in [0, 0.05) is 31.9 Å². The van der Waals surface area contributed by atoms with Crippen molar-refractivity contribution in [3.8, 4) is 0 Å². The molecular formula is C24H36N4O2. The first-order valence-electron chi connectivity index (χ1n) is 11.8. The maximum absolute atomic E-state index is 12.5. The van der Waals surface area contributed by atoms with E-state index in [0.717, 1.165) is 51.7 Å². The maximum atomic E-state index is 12.5. The molecule has 4 rings (SSSR count). The van der Waals surface area contributed by atoms with Gasteiger partial charge in [-0.1, -0.05) is 31.4 Å². The number of hydrogen-bond donors (Lipinski definition) is 2. The van der Waals surface area contributed by atoms with E-state index in [9.17, 15) is 9.59 Å². The predicted molar refractivity (Wildman–Crippen MR) is 120 cm³/mol. The van der Waals surface area contributed by atoms with Crippen LogP contribution in [0.3, 0.4) is 0 Å². The SMILES string of the molecule is CN1CCCc2cc([C@H](CNC(=O)C(=O)NC3CCCCC3)N3CCCC3)ccc21. The van der Waals surface area contributed by atoms with E-state index in [1.54, 1.807) is 0 Å². The summed E-state index contributed by atoms with van der Waals surface area (Å²) in [6.45, 7) is 3.68. The molecule has 3 aliphatic rings. The predicted octanol–water partition coefficient (Wildman–Crippen LogP) is 2.77. The van der Waals surface area contributed by atoms with E-state index in [2.05, 4.69) is 45.7 Å². The van der Waals surface area contributed by atoms with Crippen LogP contribution < -0.4 is 15.5 Å². The number of amides is 2. The van der Waals surface area contributed by atoms with E-state index in [-0.39, 0.29) is 12.1 Å². The molecule has 6 heteroatoms. The van der Waals surface area contributed by atoms with Crippen LogP contribution >= 0.6 is 0 Å². The molecule has 2 aliphatic heterocycles. The number of anilines is 1. The molecule has 1 aliphatic carbocycles. The third-order valence-corrected chi connectivity index (χ3v) is 7.02. The highest BCUT2D eigenvalue weighted by atomic mass is 16.2. The molecule has 6 nitrogen and oxygen atoms in total. The van der Waals surface area contributed by atoms with Gasteiger partial charge in [-0.2, -0.15) is 0 Å². The van der Waals surface area contributed by atoms with Gasteiger partial charge in [-0.25, -0.2) is 0 Å². The van der Waals surface area contributed by atoms with Gasteiger partial charge in [0.1, 0.15) is 0 Å². The topological polar surface area (TPSA) is 64.7 Å². The van der Waals surface area contributed by atoms with E-state index in [0.29, 0.717) is 6.54 Å². The van der Waals surface area contributed by atoms with E-state index >= 15 is 0 Å². The van der Waals surface area contributed by atoms with Crippen molar-refractivity contribution in [3.05, 3.63) is 29.3 Å². The van der Waals surface area contributed by atoms with Crippen LogP contribution in [-0.4, -0.2) is 56.0 Å². The molecule has 2 heterocycles. The average molecular weight is 413 g/mol. The van der Waals surface area contributed by atoms with Crippen molar-refractivity contribution in [3.63, 3.8) is 0 Å². The van der Waals surface area contributed by atoms with Gasteiger partial charge in [0.05, 0.1) is 6.04 Å². The van der Waals surface area contributed by atoms with Gasteiger partial charge in [0.15, 0.2) is 0 Å². The molecule has 1 aromatic carbocycles. The molecule has 2 N–H and O–H groups in total. The van der Waals surface area contributed by atoms with Crippen molar-refractivity contribution in [1.29, 1.82) is 0 Å². The third-order valence-electron chi connectivity index (χ3n) is 7.02. The summed E-state index contributed by atoms with van der Waals surface area (Å²) in [5, 5.41) is 5.86. The number of likely N-dealkylation sites (tertiary alicyclic amines) is 1. The number of benzene rings is 1. The summed E-state index contributed by atoms with van der Waals surface area (Å²) in [6.07, 6.45) is 10.1. The summed E-state index contributed by atoms with van der Waals surface area (Å²) in [5.74, 6) is -0.975. The standard InChI is InChI=1S/C24H36N4O2/c1-27-13-7-8-18-16-19(11-12-21(18)27)22(28-14-5-6-15-28)17-25-23(29)24(30)26-20-9-3-2-4-10-20/h11-12,16,20,22H,2-10,13-15,17H2,1H3,(H,25,29)(H,26,30)/t22-/m0/s1. The highest BCUT2D eigenvalue weighted by Crippen LogP contribution is 2.31. The van der Waals surface area contributed by atoms with Crippen molar-refractivity contribution in [1.82, 2.24) is 15.5 Å². The van der Waals surface area contributed by atoms with E-state index < -0.39 is 11.8 Å². The van der Waals surface area contributed by atoms with Gasteiger partial charge >= 0.3 is 11.8 Å². The summed E-state index contributed by atoms with van der Waals surface area (Å²) >= 11 is 0. The second-order valence-electron chi connectivity index (χ2n) is 9.19. The zero-order chi connectivity index (χ0) is 20.9. The number of rotatable bonds is 5. The number of nitrogens with zero attached hydrogens (tertiary/aromatic N) is 2. The van der Waals surface area contributed by atoms with E-state index in [1.165, 1.54) is 42.5 Å². The lowest BCUT2D eigenvalue weighted by atomic mass is 9.95. The summed E-state index contributed by atoms with van der Waals surface area (Å²) in [5.41, 5.74) is 3.96. The monoisotopic (exact) mass is 412 g/mol. The first-order valence-corrected chi connectivity index (χ1v) is 11.8. The smallest absolute Gasteiger partial charge is 0.309 e. The Morgan fingerprint density at radius 1 is 1.00 bits per heavy atom. The van der Waals surface area contributed by atoms with Gasteiger partial charge in [-0.3, -0.25) is 14.5 Å². The number of fused-ring (bicyclic) bond motifs is 1. The van der Waals surface area contributed by atoms with Gasteiger partial charge < -0.3 is 15.5 Å². The first kappa shape index (κ1) is 21.2. The molecule has 1 aromatic rings. The summed E-state index contributed by atoms with van der Waals surface area (Å²) in [6, 6.07) is 7.03. The van der Waals surface area contributed by atoms with Gasteiger partial charge in [0.2, 0.25) is 0 Å². The van der Waals surface area contributed by atoms with Crippen molar-refractivity contribution >= 4 is 17.5 Å². The normalized spacial score (nSPS) is 21.2. The van der Waals surface area contributed by atoms with Crippen LogP contribution in [0, 0.1) is 0 Å². The van der Waals surface area contributed by atoms with Crippen molar-refractivity contribution in [2.45, 2.75) is 69.9 Å². The van der Waals surface area contributed by atoms with Crippen LogP contribution in [0.2, 0.25) is 0 Å².